The van der Waals surface area contributed by atoms with Crippen molar-refractivity contribution in [3.8, 4) is 5.75 Å². The van der Waals surface area contributed by atoms with E-state index in [1.807, 2.05) is 0 Å². The molecule has 4 nitrogen and oxygen atoms in total. The molecule has 15 heavy (non-hydrogen) atoms. The summed E-state index contributed by atoms with van der Waals surface area (Å²) >= 11 is 0. The monoisotopic (exact) mass is 210 g/mol. The van der Waals surface area contributed by atoms with E-state index in [1.165, 1.54) is 7.11 Å². The second kappa shape index (κ2) is 5.36. The summed E-state index contributed by atoms with van der Waals surface area (Å²) in [6.07, 6.45) is 0.461. The highest BCUT2D eigenvalue weighted by Crippen LogP contribution is 2.23. The van der Waals surface area contributed by atoms with Crippen molar-refractivity contribution in [3.05, 3.63) is 29.3 Å². The molecule has 0 spiro atoms. The standard InChI is InChI=1S/C11H14O4/c1-15-10-4-2-3-8(9(10)7-12)5-6-11(13)14/h2-4,12H,5-7H2,1H3,(H,13,14). The van der Waals surface area contributed by atoms with Crippen molar-refractivity contribution in [3.63, 3.8) is 0 Å². The largest absolute Gasteiger partial charge is 0.496 e. The van der Waals surface area contributed by atoms with E-state index in [-0.39, 0.29) is 13.0 Å². The smallest absolute Gasteiger partial charge is 0.303 e. The molecule has 1 aromatic carbocycles. The maximum absolute atomic E-state index is 10.4. The molecule has 0 unspecified atom stereocenters. The normalized spacial score (nSPS) is 10.0. The molecule has 82 valence electrons. The highest BCUT2D eigenvalue weighted by Gasteiger charge is 2.08. The lowest BCUT2D eigenvalue weighted by Gasteiger charge is -2.10. The van der Waals surface area contributed by atoms with Crippen molar-refractivity contribution >= 4 is 5.97 Å². The van der Waals surface area contributed by atoms with E-state index >= 15 is 0 Å². The topological polar surface area (TPSA) is 66.8 Å². The zero-order valence-electron chi connectivity index (χ0n) is 8.56. The first-order valence-electron chi connectivity index (χ1n) is 4.66. The first-order chi connectivity index (χ1) is 7.19. The number of carboxylic acids is 1. The molecule has 0 atom stereocenters. The number of benzene rings is 1. The Morgan fingerprint density at radius 2 is 2.20 bits per heavy atom. The maximum atomic E-state index is 10.4. The molecule has 0 amide bonds. The van der Waals surface area contributed by atoms with Crippen LogP contribution in [-0.2, 0) is 17.8 Å². The van der Waals surface area contributed by atoms with Gasteiger partial charge in [-0.1, -0.05) is 12.1 Å². The minimum atomic E-state index is -0.846. The first kappa shape index (κ1) is 11.5. The minimum Gasteiger partial charge on any atom is -0.496 e. The molecule has 0 heterocycles. The summed E-state index contributed by atoms with van der Waals surface area (Å²) < 4.78 is 5.08. The van der Waals surface area contributed by atoms with Crippen LogP contribution in [0.25, 0.3) is 0 Å². The van der Waals surface area contributed by atoms with Crippen LogP contribution in [0.15, 0.2) is 18.2 Å². The summed E-state index contributed by atoms with van der Waals surface area (Å²) in [5.41, 5.74) is 1.49. The molecule has 2 N–H and O–H groups in total. The Bertz CT molecular complexity index is 346. The Balaban J connectivity index is 2.90. The van der Waals surface area contributed by atoms with Crippen LogP contribution >= 0.6 is 0 Å². The van der Waals surface area contributed by atoms with E-state index in [2.05, 4.69) is 0 Å². The number of hydrogen-bond donors (Lipinski definition) is 2. The number of ether oxygens (including phenoxy) is 1. The maximum Gasteiger partial charge on any atom is 0.303 e. The van der Waals surface area contributed by atoms with Gasteiger partial charge in [-0.25, -0.2) is 0 Å². The van der Waals surface area contributed by atoms with Gasteiger partial charge < -0.3 is 14.9 Å². The van der Waals surface area contributed by atoms with E-state index in [4.69, 9.17) is 14.9 Å². The third-order valence-electron chi connectivity index (χ3n) is 2.22. The van der Waals surface area contributed by atoms with Crippen molar-refractivity contribution in [2.75, 3.05) is 7.11 Å². The third kappa shape index (κ3) is 2.95. The fourth-order valence-electron chi connectivity index (χ4n) is 1.46. The number of aliphatic carboxylic acids is 1. The molecule has 0 aromatic heterocycles. The van der Waals surface area contributed by atoms with E-state index in [1.54, 1.807) is 18.2 Å². The Kier molecular flexibility index (Phi) is 4.12. The Labute approximate surface area is 88.1 Å². The number of aliphatic hydroxyl groups excluding tert-OH is 1. The molecule has 0 aliphatic heterocycles. The summed E-state index contributed by atoms with van der Waals surface area (Å²) in [7, 11) is 1.52. The Morgan fingerprint density at radius 1 is 1.47 bits per heavy atom. The molecular weight excluding hydrogens is 196 g/mol. The van der Waals surface area contributed by atoms with Gasteiger partial charge in [-0.3, -0.25) is 4.79 Å². The molecule has 0 saturated heterocycles. The number of aryl methyl sites for hydroxylation is 1. The van der Waals surface area contributed by atoms with Crippen LogP contribution in [0.2, 0.25) is 0 Å². The van der Waals surface area contributed by atoms with Crippen LogP contribution in [-0.4, -0.2) is 23.3 Å². The van der Waals surface area contributed by atoms with Gasteiger partial charge in [0.05, 0.1) is 13.7 Å². The highest BCUT2D eigenvalue weighted by molar-refractivity contribution is 5.67. The third-order valence-corrected chi connectivity index (χ3v) is 2.22. The second-order valence-corrected chi connectivity index (χ2v) is 3.15. The number of methoxy groups -OCH3 is 1. The fourth-order valence-corrected chi connectivity index (χ4v) is 1.46. The van der Waals surface area contributed by atoms with Gasteiger partial charge >= 0.3 is 5.97 Å². The zero-order chi connectivity index (χ0) is 11.3. The summed E-state index contributed by atoms with van der Waals surface area (Å²) in [6, 6.07) is 5.34. The van der Waals surface area contributed by atoms with Gasteiger partial charge in [0.25, 0.3) is 0 Å². The van der Waals surface area contributed by atoms with E-state index in [0.29, 0.717) is 17.7 Å². The lowest BCUT2D eigenvalue weighted by molar-refractivity contribution is -0.136. The number of aliphatic hydroxyl groups is 1. The van der Waals surface area contributed by atoms with Crippen LogP contribution in [0.3, 0.4) is 0 Å². The van der Waals surface area contributed by atoms with Crippen LogP contribution in [0.4, 0.5) is 0 Å². The molecule has 0 radical (unpaired) electrons. The van der Waals surface area contributed by atoms with Crippen molar-refractivity contribution in [1.82, 2.24) is 0 Å². The van der Waals surface area contributed by atoms with Crippen LogP contribution in [0.1, 0.15) is 17.5 Å². The van der Waals surface area contributed by atoms with Crippen molar-refractivity contribution in [2.45, 2.75) is 19.4 Å². The van der Waals surface area contributed by atoms with Gasteiger partial charge in [-0.2, -0.15) is 0 Å². The second-order valence-electron chi connectivity index (χ2n) is 3.15. The van der Waals surface area contributed by atoms with E-state index in [9.17, 15) is 4.79 Å². The lowest BCUT2D eigenvalue weighted by atomic mass is 10.0. The van der Waals surface area contributed by atoms with Crippen molar-refractivity contribution in [1.29, 1.82) is 0 Å². The fraction of sp³-hybridized carbons (Fsp3) is 0.364. The number of carbonyl (C=O) groups is 1. The van der Waals surface area contributed by atoms with Gasteiger partial charge in [-0.15, -0.1) is 0 Å². The predicted molar refractivity (Wildman–Crippen MR) is 54.9 cm³/mol. The molecule has 0 bridgehead atoms. The van der Waals surface area contributed by atoms with Gasteiger partial charge in [0.1, 0.15) is 5.75 Å². The van der Waals surface area contributed by atoms with Crippen LogP contribution in [0.5, 0.6) is 5.75 Å². The molecule has 0 aliphatic rings. The summed E-state index contributed by atoms with van der Waals surface area (Å²) in [6.45, 7) is -0.140. The van der Waals surface area contributed by atoms with Gasteiger partial charge in [-0.05, 0) is 18.1 Å². The molecule has 1 aromatic rings. The number of rotatable bonds is 5. The van der Waals surface area contributed by atoms with Crippen molar-refractivity contribution in [2.24, 2.45) is 0 Å². The Morgan fingerprint density at radius 3 is 2.73 bits per heavy atom. The van der Waals surface area contributed by atoms with Crippen LogP contribution in [0, 0.1) is 0 Å². The predicted octanol–water partition coefficient (Wildman–Crippen LogP) is 1.20. The van der Waals surface area contributed by atoms with Gasteiger partial charge in [0, 0.05) is 12.0 Å². The van der Waals surface area contributed by atoms with Gasteiger partial charge in [0.15, 0.2) is 0 Å². The quantitative estimate of drug-likeness (QED) is 0.766. The molecular formula is C11H14O4. The average Bonchev–Trinajstić information content (AvgIpc) is 2.25. The summed E-state index contributed by atoms with van der Waals surface area (Å²) in [5.74, 6) is -0.248. The highest BCUT2D eigenvalue weighted by atomic mass is 16.5. The minimum absolute atomic E-state index is 0.0557. The van der Waals surface area contributed by atoms with E-state index < -0.39 is 5.97 Å². The number of carboxylic acid groups (broad SMARTS) is 1. The summed E-state index contributed by atoms with van der Waals surface area (Å²) in [5, 5.41) is 17.7. The first-order valence-corrected chi connectivity index (χ1v) is 4.66. The SMILES string of the molecule is COc1cccc(CCC(=O)O)c1CO. The zero-order valence-corrected chi connectivity index (χ0v) is 8.56. The molecule has 0 saturated carbocycles. The summed E-state index contributed by atoms with van der Waals surface area (Å²) in [4.78, 5) is 10.4. The molecule has 0 aliphatic carbocycles. The van der Waals surface area contributed by atoms with Gasteiger partial charge in [0.2, 0.25) is 0 Å². The molecule has 4 heteroatoms. The van der Waals surface area contributed by atoms with Crippen molar-refractivity contribution < 1.29 is 19.7 Å². The molecule has 1 rings (SSSR count). The van der Waals surface area contributed by atoms with Crippen LogP contribution < -0.4 is 4.74 Å². The molecule has 0 fully saturated rings. The lowest BCUT2D eigenvalue weighted by Crippen LogP contribution is -2.02. The average molecular weight is 210 g/mol. The van der Waals surface area contributed by atoms with E-state index in [0.717, 1.165) is 5.56 Å². The number of hydrogen-bond acceptors (Lipinski definition) is 3. The Hall–Kier alpha value is -1.55.